The third-order valence-corrected chi connectivity index (χ3v) is 4.20. The van der Waals surface area contributed by atoms with E-state index >= 15 is 0 Å². The highest BCUT2D eigenvalue weighted by Crippen LogP contribution is 2.32. The molecule has 100 valence electrons. The molecule has 4 nitrogen and oxygen atoms in total. The van der Waals surface area contributed by atoms with Gasteiger partial charge in [0.05, 0.1) is 11.5 Å². The molecule has 0 unspecified atom stereocenters. The average Bonchev–Trinajstić information content (AvgIpc) is 2.77. The number of fused-ring (bicyclic) bond motifs is 1. The number of aromatic carboxylic acids is 1. The summed E-state index contributed by atoms with van der Waals surface area (Å²) in [6.45, 7) is 0.542. The minimum absolute atomic E-state index is 0.0285. The maximum absolute atomic E-state index is 12.5. The maximum Gasteiger partial charge on any atom is 0.255 e. The molecule has 0 saturated heterocycles. The molecule has 0 radical (unpaired) electrons. The van der Waals surface area contributed by atoms with E-state index in [9.17, 15) is 14.7 Å². The van der Waals surface area contributed by atoms with Crippen molar-refractivity contribution in [3.63, 3.8) is 0 Å². The zero-order chi connectivity index (χ0) is 13.4. The van der Waals surface area contributed by atoms with Gasteiger partial charge in [-0.3, -0.25) is 4.79 Å². The van der Waals surface area contributed by atoms with E-state index < -0.39 is 5.97 Å². The molecule has 2 aliphatic rings. The Labute approximate surface area is 112 Å². The summed E-state index contributed by atoms with van der Waals surface area (Å²) in [7, 11) is 0. The van der Waals surface area contributed by atoms with Gasteiger partial charge in [0.15, 0.2) is 0 Å². The van der Waals surface area contributed by atoms with Crippen LogP contribution in [-0.2, 0) is 6.54 Å². The van der Waals surface area contributed by atoms with Gasteiger partial charge in [0, 0.05) is 18.2 Å². The first kappa shape index (κ1) is 12.2. The number of rotatable bonds is 2. The molecule has 1 saturated carbocycles. The van der Waals surface area contributed by atoms with Crippen LogP contribution in [-0.4, -0.2) is 22.8 Å². The normalized spacial score (nSPS) is 19.6. The van der Waals surface area contributed by atoms with Gasteiger partial charge in [-0.05, 0) is 18.4 Å². The fraction of sp³-hybridized carbons (Fsp3) is 0.467. The van der Waals surface area contributed by atoms with Crippen molar-refractivity contribution < 1.29 is 14.7 Å². The van der Waals surface area contributed by atoms with Crippen LogP contribution in [0.25, 0.3) is 0 Å². The van der Waals surface area contributed by atoms with Crippen LogP contribution in [0.3, 0.4) is 0 Å². The predicted octanol–water partition coefficient (Wildman–Crippen LogP) is 1.34. The Balaban J connectivity index is 1.93. The Morgan fingerprint density at radius 3 is 2.63 bits per heavy atom. The van der Waals surface area contributed by atoms with Gasteiger partial charge in [0.2, 0.25) is 0 Å². The number of benzene rings is 1. The van der Waals surface area contributed by atoms with Gasteiger partial charge < -0.3 is 14.8 Å². The van der Waals surface area contributed by atoms with Gasteiger partial charge in [-0.2, -0.15) is 0 Å². The minimum atomic E-state index is -1.27. The van der Waals surface area contributed by atoms with Crippen LogP contribution < -0.4 is 5.11 Å². The summed E-state index contributed by atoms with van der Waals surface area (Å²) in [4.78, 5) is 25.4. The molecule has 1 aromatic carbocycles. The quantitative estimate of drug-likeness (QED) is 0.804. The molecule has 0 N–H and O–H groups in total. The minimum Gasteiger partial charge on any atom is -0.545 e. The van der Waals surface area contributed by atoms with Crippen molar-refractivity contribution in [2.24, 2.45) is 0 Å². The van der Waals surface area contributed by atoms with E-state index in [0.29, 0.717) is 12.1 Å². The topological polar surface area (TPSA) is 60.4 Å². The van der Waals surface area contributed by atoms with Crippen LogP contribution in [0, 0.1) is 0 Å². The van der Waals surface area contributed by atoms with Crippen molar-refractivity contribution in [2.45, 2.75) is 44.7 Å². The molecule has 0 atom stereocenters. The van der Waals surface area contributed by atoms with E-state index in [0.717, 1.165) is 31.2 Å². The molecule has 1 aliphatic heterocycles. The zero-order valence-electron chi connectivity index (χ0n) is 10.7. The SMILES string of the molecule is O=C([O-])c1cccc2c1C(=O)N(C1CCCCC1)C2. The Morgan fingerprint density at radius 1 is 1.21 bits per heavy atom. The third-order valence-electron chi connectivity index (χ3n) is 4.20. The van der Waals surface area contributed by atoms with Crippen molar-refractivity contribution in [2.75, 3.05) is 0 Å². The second-order valence-corrected chi connectivity index (χ2v) is 5.35. The summed E-state index contributed by atoms with van der Waals surface area (Å²) < 4.78 is 0. The lowest BCUT2D eigenvalue weighted by atomic mass is 9.94. The number of carboxylic acids is 1. The molecule has 0 spiro atoms. The monoisotopic (exact) mass is 258 g/mol. The second kappa shape index (κ2) is 4.68. The average molecular weight is 258 g/mol. The first-order valence-electron chi connectivity index (χ1n) is 6.82. The van der Waals surface area contributed by atoms with E-state index in [1.54, 1.807) is 6.07 Å². The molecule has 1 amide bonds. The molecule has 4 heteroatoms. The van der Waals surface area contributed by atoms with Crippen molar-refractivity contribution in [1.29, 1.82) is 0 Å². The highest BCUT2D eigenvalue weighted by Gasteiger charge is 2.34. The van der Waals surface area contributed by atoms with Crippen molar-refractivity contribution in [1.82, 2.24) is 4.90 Å². The molecule has 19 heavy (non-hydrogen) atoms. The summed E-state index contributed by atoms with van der Waals surface area (Å²) in [6, 6.07) is 5.24. The summed E-state index contributed by atoms with van der Waals surface area (Å²) in [5.74, 6) is -1.41. The first-order valence-corrected chi connectivity index (χ1v) is 6.82. The molecule has 1 aliphatic carbocycles. The van der Waals surface area contributed by atoms with E-state index in [2.05, 4.69) is 0 Å². The Hall–Kier alpha value is -1.84. The van der Waals surface area contributed by atoms with E-state index in [-0.39, 0.29) is 17.5 Å². The van der Waals surface area contributed by atoms with Crippen LogP contribution in [0.1, 0.15) is 58.4 Å². The van der Waals surface area contributed by atoms with Gasteiger partial charge in [-0.25, -0.2) is 0 Å². The highest BCUT2D eigenvalue weighted by molar-refractivity contribution is 6.07. The molecule has 1 heterocycles. The van der Waals surface area contributed by atoms with E-state index in [1.807, 2.05) is 11.0 Å². The van der Waals surface area contributed by atoms with Crippen LogP contribution in [0.4, 0.5) is 0 Å². The zero-order valence-corrected chi connectivity index (χ0v) is 10.7. The molecule has 1 fully saturated rings. The summed E-state index contributed by atoms with van der Waals surface area (Å²) >= 11 is 0. The molecule has 0 aromatic heterocycles. The van der Waals surface area contributed by atoms with Crippen LogP contribution >= 0.6 is 0 Å². The van der Waals surface area contributed by atoms with Gasteiger partial charge in [0.25, 0.3) is 5.91 Å². The van der Waals surface area contributed by atoms with Gasteiger partial charge in [0.1, 0.15) is 0 Å². The smallest absolute Gasteiger partial charge is 0.255 e. The van der Waals surface area contributed by atoms with Crippen LogP contribution in [0.15, 0.2) is 18.2 Å². The predicted molar refractivity (Wildman–Crippen MR) is 67.5 cm³/mol. The first-order chi connectivity index (χ1) is 9.18. The summed E-state index contributed by atoms with van der Waals surface area (Å²) in [5, 5.41) is 11.1. The number of carboxylic acid groups (broad SMARTS) is 1. The van der Waals surface area contributed by atoms with Crippen molar-refractivity contribution in [3.8, 4) is 0 Å². The maximum atomic E-state index is 12.5. The van der Waals surface area contributed by atoms with Crippen molar-refractivity contribution in [3.05, 3.63) is 34.9 Å². The fourth-order valence-electron chi connectivity index (χ4n) is 3.24. The Morgan fingerprint density at radius 2 is 1.95 bits per heavy atom. The fourth-order valence-corrected chi connectivity index (χ4v) is 3.24. The largest absolute Gasteiger partial charge is 0.545 e. The number of hydrogen-bond acceptors (Lipinski definition) is 3. The molecule has 0 bridgehead atoms. The van der Waals surface area contributed by atoms with Gasteiger partial charge in [-0.15, -0.1) is 0 Å². The van der Waals surface area contributed by atoms with Gasteiger partial charge >= 0.3 is 0 Å². The highest BCUT2D eigenvalue weighted by atomic mass is 16.4. The molecule has 3 rings (SSSR count). The molecule has 1 aromatic rings. The Bertz CT molecular complexity index is 532. The third kappa shape index (κ3) is 2.01. The van der Waals surface area contributed by atoms with Crippen LogP contribution in [0.5, 0.6) is 0 Å². The molecular formula is C15H16NO3-. The van der Waals surface area contributed by atoms with E-state index in [1.165, 1.54) is 12.5 Å². The lowest BCUT2D eigenvalue weighted by Crippen LogP contribution is -2.37. The summed E-state index contributed by atoms with van der Waals surface area (Å²) in [5.41, 5.74) is 1.19. The van der Waals surface area contributed by atoms with Crippen molar-refractivity contribution >= 4 is 11.9 Å². The second-order valence-electron chi connectivity index (χ2n) is 5.35. The standard InChI is InChI=1S/C15H17NO3/c17-14-13-10(5-4-8-12(13)15(18)19)9-16(14)11-6-2-1-3-7-11/h4-5,8,11H,1-3,6-7,9H2,(H,18,19)/p-1. The number of carbonyl (C=O) groups excluding carboxylic acids is 2. The number of amides is 1. The van der Waals surface area contributed by atoms with Gasteiger partial charge in [-0.1, -0.05) is 37.5 Å². The number of nitrogens with zero attached hydrogens (tertiary/aromatic N) is 1. The Kier molecular flexibility index (Phi) is 3.01. The summed E-state index contributed by atoms with van der Waals surface area (Å²) in [6.07, 6.45) is 5.59. The number of hydrogen-bond donors (Lipinski definition) is 0. The van der Waals surface area contributed by atoms with E-state index in [4.69, 9.17) is 0 Å². The number of carbonyl (C=O) groups is 2. The lowest BCUT2D eigenvalue weighted by molar-refractivity contribution is -0.255. The lowest BCUT2D eigenvalue weighted by Gasteiger charge is -2.31. The molecular weight excluding hydrogens is 242 g/mol. The van der Waals surface area contributed by atoms with Crippen LogP contribution in [0.2, 0.25) is 0 Å².